The molecule has 1 N–H and O–H groups in total. The van der Waals surface area contributed by atoms with Gasteiger partial charge in [0, 0.05) is 17.8 Å². The molecule has 1 aliphatic carbocycles. The van der Waals surface area contributed by atoms with Crippen molar-refractivity contribution in [2.24, 2.45) is 0 Å². The molecule has 4 rings (SSSR count). The molecule has 0 spiro atoms. The molecule has 0 unspecified atom stereocenters. The Morgan fingerprint density at radius 2 is 1.92 bits per heavy atom. The van der Waals surface area contributed by atoms with Gasteiger partial charge in [-0.05, 0) is 43.2 Å². The van der Waals surface area contributed by atoms with Gasteiger partial charge in [0.25, 0.3) is 0 Å². The number of hydrogen-bond donors (Lipinski definition) is 1. The monoisotopic (exact) mass is 337 g/mol. The van der Waals surface area contributed by atoms with Crippen molar-refractivity contribution >= 4 is 27.4 Å². The van der Waals surface area contributed by atoms with Crippen LogP contribution in [0.5, 0.6) is 0 Å². The van der Waals surface area contributed by atoms with Gasteiger partial charge in [-0.15, -0.1) is 11.3 Å². The van der Waals surface area contributed by atoms with E-state index in [0.29, 0.717) is 0 Å². The van der Waals surface area contributed by atoms with Crippen LogP contribution in [0.3, 0.4) is 0 Å². The lowest BCUT2D eigenvalue weighted by Gasteiger charge is -2.13. The molecule has 0 atom stereocenters. The van der Waals surface area contributed by atoms with Gasteiger partial charge in [-0.1, -0.05) is 37.3 Å². The molecule has 0 saturated carbocycles. The standard InChI is InChI=1S/C20H23N3S/c1-2-12-21-19-18-15-10-6-7-11-16(15)24-20(18)23-17(22-19)13-14-8-4-3-5-9-14/h3-5,8-9H,2,6-7,10-13H2,1H3,(H,21,22,23). The highest BCUT2D eigenvalue weighted by Crippen LogP contribution is 2.38. The lowest BCUT2D eigenvalue weighted by Crippen LogP contribution is -2.07. The molecular formula is C20H23N3S. The minimum atomic E-state index is 0.792. The Bertz CT molecular complexity index is 839. The second kappa shape index (κ2) is 6.89. The number of aromatic nitrogens is 2. The van der Waals surface area contributed by atoms with Crippen LogP contribution in [0.25, 0.3) is 10.2 Å². The number of thiophene rings is 1. The topological polar surface area (TPSA) is 37.8 Å². The molecule has 0 saturated heterocycles. The molecule has 2 aromatic heterocycles. The maximum absolute atomic E-state index is 4.91. The Morgan fingerprint density at radius 1 is 1.08 bits per heavy atom. The molecule has 1 aliphatic rings. The van der Waals surface area contributed by atoms with E-state index in [1.165, 1.54) is 51.9 Å². The third-order valence-electron chi connectivity index (χ3n) is 4.61. The van der Waals surface area contributed by atoms with Crippen LogP contribution in [-0.4, -0.2) is 16.5 Å². The highest BCUT2D eigenvalue weighted by atomic mass is 32.1. The summed E-state index contributed by atoms with van der Waals surface area (Å²) in [6.45, 7) is 3.15. The first kappa shape index (κ1) is 15.6. The van der Waals surface area contributed by atoms with Crippen molar-refractivity contribution in [2.75, 3.05) is 11.9 Å². The number of fused-ring (bicyclic) bond motifs is 3. The largest absolute Gasteiger partial charge is 0.369 e. The highest BCUT2D eigenvalue weighted by Gasteiger charge is 2.21. The molecule has 2 heterocycles. The highest BCUT2D eigenvalue weighted by molar-refractivity contribution is 7.19. The van der Waals surface area contributed by atoms with E-state index in [0.717, 1.165) is 31.0 Å². The maximum atomic E-state index is 4.91. The lowest BCUT2D eigenvalue weighted by molar-refractivity contribution is 0.700. The van der Waals surface area contributed by atoms with Gasteiger partial charge in [0.1, 0.15) is 16.5 Å². The van der Waals surface area contributed by atoms with Crippen LogP contribution in [-0.2, 0) is 19.3 Å². The van der Waals surface area contributed by atoms with Crippen molar-refractivity contribution in [3.05, 3.63) is 52.2 Å². The SMILES string of the molecule is CCCNc1nc(Cc2ccccc2)nc2sc3c(c12)CCCC3. The third-order valence-corrected chi connectivity index (χ3v) is 5.79. The Labute approximate surface area is 147 Å². The molecule has 0 aliphatic heterocycles. The molecule has 0 fully saturated rings. The number of benzene rings is 1. The van der Waals surface area contributed by atoms with Crippen molar-refractivity contribution in [1.29, 1.82) is 0 Å². The summed E-state index contributed by atoms with van der Waals surface area (Å²) >= 11 is 1.88. The number of anilines is 1. The normalized spacial score (nSPS) is 13.9. The Kier molecular flexibility index (Phi) is 4.48. The number of aryl methyl sites for hydroxylation is 2. The molecule has 3 nitrogen and oxygen atoms in total. The van der Waals surface area contributed by atoms with E-state index in [1.54, 1.807) is 0 Å². The molecule has 124 valence electrons. The second-order valence-corrected chi connectivity index (χ2v) is 7.55. The van der Waals surface area contributed by atoms with E-state index >= 15 is 0 Å². The quantitative estimate of drug-likeness (QED) is 0.713. The van der Waals surface area contributed by atoms with Gasteiger partial charge in [-0.2, -0.15) is 0 Å². The Balaban J connectivity index is 1.78. The van der Waals surface area contributed by atoms with E-state index in [4.69, 9.17) is 9.97 Å². The second-order valence-electron chi connectivity index (χ2n) is 6.47. The number of nitrogens with one attached hydrogen (secondary N) is 1. The summed E-state index contributed by atoms with van der Waals surface area (Å²) in [5, 5.41) is 4.85. The number of rotatable bonds is 5. The average molecular weight is 337 g/mol. The fourth-order valence-corrected chi connectivity index (χ4v) is 4.71. The molecule has 0 radical (unpaired) electrons. The zero-order valence-corrected chi connectivity index (χ0v) is 15.0. The van der Waals surface area contributed by atoms with Crippen LogP contribution in [0, 0.1) is 0 Å². The zero-order valence-electron chi connectivity index (χ0n) is 14.1. The van der Waals surface area contributed by atoms with Crippen LogP contribution >= 0.6 is 11.3 Å². The fourth-order valence-electron chi connectivity index (χ4n) is 3.43. The predicted octanol–water partition coefficient (Wildman–Crippen LogP) is 4.98. The van der Waals surface area contributed by atoms with Gasteiger partial charge in [0.2, 0.25) is 0 Å². The Hall–Kier alpha value is -1.94. The van der Waals surface area contributed by atoms with Crippen LogP contribution in [0.15, 0.2) is 30.3 Å². The lowest BCUT2D eigenvalue weighted by atomic mass is 9.97. The zero-order chi connectivity index (χ0) is 16.4. The van der Waals surface area contributed by atoms with Gasteiger partial charge in [0.15, 0.2) is 0 Å². The van der Waals surface area contributed by atoms with Crippen molar-refractivity contribution in [2.45, 2.75) is 45.4 Å². The van der Waals surface area contributed by atoms with Crippen LogP contribution in [0.4, 0.5) is 5.82 Å². The molecule has 1 aromatic carbocycles. The summed E-state index contributed by atoms with van der Waals surface area (Å²) in [5.41, 5.74) is 2.77. The van der Waals surface area contributed by atoms with Crippen molar-refractivity contribution in [3.8, 4) is 0 Å². The Morgan fingerprint density at radius 3 is 2.75 bits per heavy atom. The van der Waals surface area contributed by atoms with Crippen molar-refractivity contribution in [1.82, 2.24) is 9.97 Å². The summed E-state index contributed by atoms with van der Waals surface area (Å²) in [6.07, 6.45) is 6.88. The van der Waals surface area contributed by atoms with Crippen LogP contribution in [0.1, 0.15) is 48.0 Å². The van der Waals surface area contributed by atoms with Crippen LogP contribution < -0.4 is 5.32 Å². The average Bonchev–Trinajstić information content (AvgIpc) is 2.99. The molecule has 24 heavy (non-hydrogen) atoms. The van der Waals surface area contributed by atoms with Crippen molar-refractivity contribution in [3.63, 3.8) is 0 Å². The first-order valence-electron chi connectivity index (χ1n) is 8.94. The van der Waals surface area contributed by atoms with Crippen molar-refractivity contribution < 1.29 is 0 Å². The maximum Gasteiger partial charge on any atom is 0.138 e. The first-order chi connectivity index (χ1) is 11.8. The van der Waals surface area contributed by atoms with Crippen LogP contribution in [0.2, 0.25) is 0 Å². The van der Waals surface area contributed by atoms with E-state index in [2.05, 4.69) is 42.6 Å². The smallest absolute Gasteiger partial charge is 0.138 e. The minimum absolute atomic E-state index is 0.792. The molecule has 3 aromatic rings. The summed E-state index contributed by atoms with van der Waals surface area (Å²) < 4.78 is 0. The fraction of sp³-hybridized carbons (Fsp3) is 0.400. The summed E-state index contributed by atoms with van der Waals surface area (Å²) in [4.78, 5) is 12.5. The van der Waals surface area contributed by atoms with Gasteiger partial charge >= 0.3 is 0 Å². The van der Waals surface area contributed by atoms with Gasteiger partial charge in [-0.25, -0.2) is 9.97 Å². The molecule has 0 amide bonds. The van der Waals surface area contributed by atoms with E-state index < -0.39 is 0 Å². The molecule has 4 heteroatoms. The summed E-state index contributed by atoms with van der Waals surface area (Å²) in [7, 11) is 0. The molecular weight excluding hydrogens is 314 g/mol. The van der Waals surface area contributed by atoms with Gasteiger partial charge in [-0.3, -0.25) is 0 Å². The minimum Gasteiger partial charge on any atom is -0.369 e. The van der Waals surface area contributed by atoms with E-state index in [-0.39, 0.29) is 0 Å². The summed E-state index contributed by atoms with van der Waals surface area (Å²) in [6, 6.07) is 10.5. The predicted molar refractivity (Wildman–Crippen MR) is 102 cm³/mol. The van der Waals surface area contributed by atoms with Gasteiger partial charge in [0.05, 0.1) is 5.39 Å². The first-order valence-corrected chi connectivity index (χ1v) is 9.75. The van der Waals surface area contributed by atoms with E-state index in [9.17, 15) is 0 Å². The molecule has 0 bridgehead atoms. The number of nitrogens with zero attached hydrogens (tertiary/aromatic N) is 2. The number of hydrogen-bond acceptors (Lipinski definition) is 4. The third kappa shape index (κ3) is 3.03. The summed E-state index contributed by atoms with van der Waals surface area (Å²) in [5.74, 6) is 1.97. The van der Waals surface area contributed by atoms with E-state index in [1.807, 2.05) is 11.3 Å². The van der Waals surface area contributed by atoms with Gasteiger partial charge < -0.3 is 5.32 Å².